The fourth-order valence-corrected chi connectivity index (χ4v) is 1.53. The Labute approximate surface area is 111 Å². The highest BCUT2D eigenvalue weighted by Crippen LogP contribution is 2.25. The topological polar surface area (TPSA) is 55.1 Å². The quantitative estimate of drug-likeness (QED) is 0.807. The molecule has 0 saturated carbocycles. The molecule has 0 aromatic heterocycles. The van der Waals surface area contributed by atoms with Gasteiger partial charge in [-0.2, -0.15) is 0 Å². The van der Waals surface area contributed by atoms with Crippen LogP contribution in [0.1, 0.15) is 20.3 Å². The summed E-state index contributed by atoms with van der Waals surface area (Å²) in [5, 5.41) is 2.57. The van der Waals surface area contributed by atoms with Gasteiger partial charge in [0.05, 0.1) is 5.41 Å². The lowest BCUT2D eigenvalue weighted by molar-refractivity contribution is -0.122. The minimum absolute atomic E-state index is 0.227. The van der Waals surface area contributed by atoms with E-state index in [0.717, 1.165) is 12.1 Å². The molecule has 0 aliphatic carbocycles. The fraction of sp³-hybridized carbons (Fsp3) is 0.357. The Morgan fingerprint density at radius 3 is 2.63 bits per heavy atom. The number of hydrogen-bond acceptors (Lipinski definition) is 2. The van der Waals surface area contributed by atoms with Crippen LogP contribution in [0.25, 0.3) is 0 Å². The van der Waals surface area contributed by atoms with Gasteiger partial charge in [-0.3, -0.25) is 4.79 Å². The summed E-state index contributed by atoms with van der Waals surface area (Å²) < 4.78 is 25.8. The van der Waals surface area contributed by atoms with Crippen LogP contribution < -0.4 is 11.1 Å². The number of nitrogens with one attached hydrogen (secondary N) is 1. The Bertz CT molecular complexity index is 488. The van der Waals surface area contributed by atoms with Crippen molar-refractivity contribution in [1.29, 1.82) is 0 Å². The second-order valence-corrected chi connectivity index (χ2v) is 4.49. The van der Waals surface area contributed by atoms with Crippen LogP contribution in [0.3, 0.4) is 0 Å². The summed E-state index contributed by atoms with van der Waals surface area (Å²) in [5.41, 5.74) is 4.86. The molecule has 3 N–H and O–H groups in total. The van der Waals surface area contributed by atoms with Crippen LogP contribution in [-0.4, -0.2) is 12.5 Å². The Kier molecular flexibility index (Phi) is 5.18. The van der Waals surface area contributed by atoms with Crippen LogP contribution in [0.15, 0.2) is 30.4 Å². The number of amides is 1. The highest BCUT2D eigenvalue weighted by Gasteiger charge is 2.28. The number of anilines is 1. The van der Waals surface area contributed by atoms with Crippen molar-refractivity contribution in [3.8, 4) is 0 Å². The SMILES string of the molecule is CC[C@@](C)(/C=C/CN)C(=O)Nc1ccc(F)c(F)c1. The standard InChI is InChI=1S/C14H18F2N2O/c1-3-14(2,7-4-8-17)13(19)18-10-5-6-11(15)12(16)9-10/h4-7,9H,3,8,17H2,1-2H3,(H,18,19)/b7-4+/t14-/m0/s1. The number of hydrogen-bond donors (Lipinski definition) is 2. The van der Waals surface area contributed by atoms with Gasteiger partial charge in [-0.1, -0.05) is 19.1 Å². The number of benzene rings is 1. The number of carbonyl (C=O) groups is 1. The summed E-state index contributed by atoms with van der Waals surface area (Å²) in [4.78, 5) is 12.1. The van der Waals surface area contributed by atoms with Crippen LogP contribution >= 0.6 is 0 Å². The van der Waals surface area contributed by atoms with Gasteiger partial charge in [0.1, 0.15) is 0 Å². The third-order valence-corrected chi connectivity index (χ3v) is 3.05. The van der Waals surface area contributed by atoms with Gasteiger partial charge >= 0.3 is 0 Å². The third kappa shape index (κ3) is 3.86. The maximum absolute atomic E-state index is 13.1. The average Bonchev–Trinajstić information content (AvgIpc) is 2.40. The van der Waals surface area contributed by atoms with E-state index < -0.39 is 17.0 Å². The summed E-state index contributed by atoms with van der Waals surface area (Å²) >= 11 is 0. The molecule has 0 heterocycles. The molecule has 0 saturated heterocycles. The van der Waals surface area contributed by atoms with E-state index in [2.05, 4.69) is 5.32 Å². The van der Waals surface area contributed by atoms with Crippen LogP contribution in [0.5, 0.6) is 0 Å². The predicted octanol–water partition coefficient (Wildman–Crippen LogP) is 2.83. The molecular formula is C14H18F2N2O. The Morgan fingerprint density at radius 1 is 1.42 bits per heavy atom. The maximum Gasteiger partial charge on any atom is 0.234 e. The summed E-state index contributed by atoms with van der Waals surface area (Å²) in [6, 6.07) is 3.25. The summed E-state index contributed by atoms with van der Waals surface area (Å²) in [6.07, 6.45) is 4.00. The van der Waals surface area contributed by atoms with E-state index in [1.807, 2.05) is 6.92 Å². The molecule has 0 aliphatic heterocycles. The monoisotopic (exact) mass is 268 g/mol. The lowest BCUT2D eigenvalue weighted by atomic mass is 9.86. The summed E-state index contributed by atoms with van der Waals surface area (Å²) in [5.74, 6) is -2.22. The smallest absolute Gasteiger partial charge is 0.234 e. The zero-order valence-electron chi connectivity index (χ0n) is 11.0. The number of nitrogens with two attached hydrogens (primary N) is 1. The molecule has 0 radical (unpaired) electrons. The fourth-order valence-electron chi connectivity index (χ4n) is 1.53. The minimum atomic E-state index is -0.992. The molecule has 1 aromatic carbocycles. The molecule has 0 spiro atoms. The number of halogens is 2. The predicted molar refractivity (Wildman–Crippen MR) is 71.6 cm³/mol. The molecule has 104 valence electrons. The van der Waals surface area contributed by atoms with E-state index in [1.165, 1.54) is 6.07 Å². The summed E-state index contributed by atoms with van der Waals surface area (Å²) in [6.45, 7) is 3.97. The van der Waals surface area contributed by atoms with Crippen molar-refractivity contribution in [3.05, 3.63) is 42.0 Å². The van der Waals surface area contributed by atoms with E-state index in [1.54, 1.807) is 19.1 Å². The van der Waals surface area contributed by atoms with Crippen molar-refractivity contribution in [1.82, 2.24) is 0 Å². The van der Waals surface area contributed by atoms with Gasteiger partial charge in [0.25, 0.3) is 0 Å². The molecular weight excluding hydrogens is 250 g/mol. The van der Waals surface area contributed by atoms with E-state index in [-0.39, 0.29) is 11.6 Å². The van der Waals surface area contributed by atoms with E-state index in [9.17, 15) is 13.6 Å². The first kappa shape index (κ1) is 15.3. The first-order valence-electron chi connectivity index (χ1n) is 6.07. The molecule has 3 nitrogen and oxygen atoms in total. The maximum atomic E-state index is 13.1. The van der Waals surface area contributed by atoms with Crippen LogP contribution in [0.4, 0.5) is 14.5 Å². The molecule has 1 amide bonds. The van der Waals surface area contributed by atoms with Gasteiger partial charge in [0.15, 0.2) is 11.6 Å². The van der Waals surface area contributed by atoms with Gasteiger partial charge < -0.3 is 11.1 Å². The first-order chi connectivity index (χ1) is 8.92. The lowest BCUT2D eigenvalue weighted by Gasteiger charge is -2.23. The first-order valence-corrected chi connectivity index (χ1v) is 6.07. The molecule has 0 fully saturated rings. The van der Waals surface area contributed by atoms with Crippen molar-refractivity contribution >= 4 is 11.6 Å². The van der Waals surface area contributed by atoms with Gasteiger partial charge in [0.2, 0.25) is 5.91 Å². The number of rotatable bonds is 5. The lowest BCUT2D eigenvalue weighted by Crippen LogP contribution is -2.31. The van der Waals surface area contributed by atoms with Gasteiger partial charge in [-0.05, 0) is 25.5 Å². The Balaban J connectivity index is 2.88. The Morgan fingerprint density at radius 2 is 2.11 bits per heavy atom. The zero-order valence-corrected chi connectivity index (χ0v) is 11.0. The van der Waals surface area contributed by atoms with E-state index >= 15 is 0 Å². The minimum Gasteiger partial charge on any atom is -0.327 e. The highest BCUT2D eigenvalue weighted by molar-refractivity contribution is 5.96. The van der Waals surface area contributed by atoms with Gasteiger partial charge in [-0.15, -0.1) is 0 Å². The summed E-state index contributed by atoms with van der Waals surface area (Å²) in [7, 11) is 0. The van der Waals surface area contributed by atoms with Crippen molar-refractivity contribution in [2.45, 2.75) is 20.3 Å². The normalized spacial score (nSPS) is 14.4. The molecule has 0 bridgehead atoms. The van der Waals surface area contributed by atoms with Crippen LogP contribution in [-0.2, 0) is 4.79 Å². The molecule has 1 atom stereocenters. The van der Waals surface area contributed by atoms with Crippen molar-refractivity contribution in [3.63, 3.8) is 0 Å². The van der Waals surface area contributed by atoms with Gasteiger partial charge in [-0.25, -0.2) is 8.78 Å². The Hall–Kier alpha value is -1.75. The zero-order chi connectivity index (χ0) is 14.5. The van der Waals surface area contributed by atoms with Crippen LogP contribution in [0.2, 0.25) is 0 Å². The second-order valence-electron chi connectivity index (χ2n) is 4.49. The number of carbonyl (C=O) groups excluding carboxylic acids is 1. The van der Waals surface area contributed by atoms with Crippen molar-refractivity contribution < 1.29 is 13.6 Å². The van der Waals surface area contributed by atoms with Crippen LogP contribution in [0, 0.1) is 17.0 Å². The molecule has 0 aliphatic rings. The molecule has 0 unspecified atom stereocenters. The van der Waals surface area contributed by atoms with E-state index in [0.29, 0.717) is 13.0 Å². The van der Waals surface area contributed by atoms with E-state index in [4.69, 9.17) is 5.73 Å². The molecule has 1 aromatic rings. The average molecular weight is 268 g/mol. The largest absolute Gasteiger partial charge is 0.327 e. The van der Waals surface area contributed by atoms with Gasteiger partial charge in [0, 0.05) is 18.3 Å². The van der Waals surface area contributed by atoms with Crippen molar-refractivity contribution in [2.75, 3.05) is 11.9 Å². The molecule has 19 heavy (non-hydrogen) atoms. The highest BCUT2D eigenvalue weighted by atomic mass is 19.2. The second kappa shape index (κ2) is 6.43. The third-order valence-electron chi connectivity index (χ3n) is 3.05. The molecule has 1 rings (SSSR count). The van der Waals surface area contributed by atoms with Crippen molar-refractivity contribution in [2.24, 2.45) is 11.1 Å². The molecule has 5 heteroatoms.